The minimum atomic E-state index is -4.44. The van der Waals surface area contributed by atoms with Gasteiger partial charge in [-0.05, 0) is 43.0 Å². The number of hydrogen-bond donors (Lipinski definition) is 2. The molecule has 6 rings (SSSR count). The van der Waals surface area contributed by atoms with Crippen molar-refractivity contribution in [2.45, 2.75) is 32.0 Å². The van der Waals surface area contributed by atoms with E-state index in [1.807, 2.05) is 6.07 Å². The molecule has 2 aliphatic rings. The lowest BCUT2D eigenvalue weighted by Gasteiger charge is -2.33. The van der Waals surface area contributed by atoms with Gasteiger partial charge in [0, 0.05) is 44.7 Å². The summed E-state index contributed by atoms with van der Waals surface area (Å²) < 4.78 is 52.4. The van der Waals surface area contributed by atoms with E-state index in [-0.39, 0.29) is 23.8 Å². The second-order valence-electron chi connectivity index (χ2n) is 10.5. The Morgan fingerprint density at radius 2 is 1.95 bits per heavy atom. The number of anilines is 2. The zero-order valence-electron chi connectivity index (χ0n) is 22.8. The largest absolute Gasteiger partial charge is 0.437 e. The fourth-order valence-corrected chi connectivity index (χ4v) is 5.73. The van der Waals surface area contributed by atoms with Gasteiger partial charge >= 0.3 is 6.18 Å². The highest BCUT2D eigenvalue weighted by Crippen LogP contribution is 2.36. The SMILES string of the molecule is CC(=O)Nc1nc2c(Oc3cc(-c4ccc(C(F)(F)F)cc4)nc(NCC4CN(CC5CC5)CCO4)n3)cccc2s1. The van der Waals surface area contributed by atoms with Gasteiger partial charge in [-0.3, -0.25) is 9.69 Å². The third-order valence-electron chi connectivity index (χ3n) is 7.01. The quantitative estimate of drug-likeness (QED) is 0.240. The van der Waals surface area contributed by atoms with E-state index in [1.54, 1.807) is 18.2 Å². The van der Waals surface area contributed by atoms with Gasteiger partial charge in [-0.25, -0.2) is 9.97 Å². The number of carbonyl (C=O) groups is 1. The Hall–Kier alpha value is -3.81. The van der Waals surface area contributed by atoms with Gasteiger partial charge in [0.15, 0.2) is 10.9 Å². The predicted octanol–water partition coefficient (Wildman–Crippen LogP) is 6.05. The molecule has 13 heteroatoms. The first-order chi connectivity index (χ1) is 20.2. The molecular weight excluding hydrogens is 569 g/mol. The van der Waals surface area contributed by atoms with Crippen LogP contribution < -0.4 is 15.4 Å². The molecule has 1 aliphatic carbocycles. The van der Waals surface area contributed by atoms with Gasteiger partial charge in [0.05, 0.1) is 28.7 Å². The van der Waals surface area contributed by atoms with Crippen molar-refractivity contribution in [3.05, 3.63) is 54.1 Å². The van der Waals surface area contributed by atoms with Crippen molar-refractivity contribution in [1.29, 1.82) is 0 Å². The number of thiazole rings is 1. The summed E-state index contributed by atoms with van der Waals surface area (Å²) in [6.07, 6.45) is -1.93. The molecule has 220 valence electrons. The van der Waals surface area contributed by atoms with E-state index in [2.05, 4.69) is 30.5 Å². The summed E-state index contributed by atoms with van der Waals surface area (Å²) in [5, 5.41) is 6.37. The van der Waals surface area contributed by atoms with Crippen LogP contribution in [0.1, 0.15) is 25.3 Å². The number of morpholine rings is 1. The topological polar surface area (TPSA) is 102 Å². The maximum absolute atomic E-state index is 13.2. The van der Waals surface area contributed by atoms with E-state index in [9.17, 15) is 18.0 Å². The maximum Gasteiger partial charge on any atom is 0.416 e. The van der Waals surface area contributed by atoms with Crippen LogP contribution in [0.2, 0.25) is 0 Å². The van der Waals surface area contributed by atoms with E-state index < -0.39 is 11.7 Å². The van der Waals surface area contributed by atoms with Gasteiger partial charge in [-0.15, -0.1) is 0 Å². The number of para-hydroxylation sites is 1. The van der Waals surface area contributed by atoms with Gasteiger partial charge in [0.2, 0.25) is 17.7 Å². The number of hydrogen-bond acceptors (Lipinski definition) is 9. The molecule has 0 bridgehead atoms. The molecule has 1 saturated carbocycles. The zero-order valence-corrected chi connectivity index (χ0v) is 23.6. The molecule has 42 heavy (non-hydrogen) atoms. The molecule has 1 atom stereocenters. The second-order valence-corrected chi connectivity index (χ2v) is 11.5. The van der Waals surface area contributed by atoms with Crippen molar-refractivity contribution >= 4 is 38.5 Å². The molecule has 1 amide bonds. The van der Waals surface area contributed by atoms with E-state index in [0.29, 0.717) is 40.8 Å². The first-order valence-corrected chi connectivity index (χ1v) is 14.5. The predicted molar refractivity (Wildman–Crippen MR) is 154 cm³/mol. The van der Waals surface area contributed by atoms with Crippen molar-refractivity contribution in [2.75, 3.05) is 43.4 Å². The normalized spacial score (nSPS) is 17.8. The lowest BCUT2D eigenvalue weighted by molar-refractivity contribution is -0.137. The standard InChI is InChI=1S/C29H29F3N6O3S/c1-17(39)34-28-37-26-23(3-2-4-24(26)42-28)41-25-13-22(19-7-9-20(10-8-19)29(30,31)32)35-27(36-25)33-14-21-16-38(11-12-40-21)15-18-5-6-18/h2-4,7-10,13,18,21H,5-6,11-12,14-16H2,1H3,(H,33,35,36)(H,34,37,39). The summed E-state index contributed by atoms with van der Waals surface area (Å²) in [5.74, 6) is 1.41. The summed E-state index contributed by atoms with van der Waals surface area (Å²) >= 11 is 1.31. The second kappa shape index (κ2) is 11.8. The van der Waals surface area contributed by atoms with Crippen LogP contribution in [0.25, 0.3) is 21.5 Å². The van der Waals surface area contributed by atoms with Crippen LogP contribution in [0, 0.1) is 5.92 Å². The number of rotatable bonds is 9. The number of aromatic nitrogens is 3. The molecule has 2 aromatic carbocycles. The number of benzene rings is 2. The third-order valence-corrected chi connectivity index (χ3v) is 7.95. The van der Waals surface area contributed by atoms with Crippen molar-refractivity contribution in [1.82, 2.24) is 19.9 Å². The van der Waals surface area contributed by atoms with Crippen molar-refractivity contribution in [3.8, 4) is 22.9 Å². The van der Waals surface area contributed by atoms with Crippen LogP contribution in [-0.2, 0) is 15.7 Å². The van der Waals surface area contributed by atoms with Gasteiger partial charge in [-0.1, -0.05) is 29.5 Å². The number of fused-ring (bicyclic) bond motifs is 1. The molecule has 2 N–H and O–H groups in total. The lowest BCUT2D eigenvalue weighted by Crippen LogP contribution is -2.46. The van der Waals surface area contributed by atoms with Crippen molar-refractivity contribution in [2.24, 2.45) is 5.92 Å². The average molecular weight is 599 g/mol. The molecule has 1 unspecified atom stereocenters. The number of alkyl halides is 3. The van der Waals surface area contributed by atoms with E-state index in [1.165, 1.54) is 43.2 Å². The fraction of sp³-hybridized carbons (Fsp3) is 0.379. The van der Waals surface area contributed by atoms with Gasteiger partial charge < -0.3 is 20.1 Å². The summed E-state index contributed by atoms with van der Waals surface area (Å²) in [5.41, 5.74) is 0.662. The Balaban J connectivity index is 1.27. The summed E-state index contributed by atoms with van der Waals surface area (Å²) in [6, 6.07) is 11.8. The minimum Gasteiger partial charge on any atom is -0.437 e. The molecule has 2 fully saturated rings. The number of ether oxygens (including phenoxy) is 2. The lowest BCUT2D eigenvalue weighted by atomic mass is 10.1. The molecule has 9 nitrogen and oxygen atoms in total. The first kappa shape index (κ1) is 28.3. The number of halogens is 3. The smallest absolute Gasteiger partial charge is 0.416 e. The van der Waals surface area contributed by atoms with Gasteiger partial charge in [-0.2, -0.15) is 18.2 Å². The Labute approximate surface area is 244 Å². The van der Waals surface area contributed by atoms with Crippen LogP contribution in [0.3, 0.4) is 0 Å². The van der Waals surface area contributed by atoms with Crippen LogP contribution >= 0.6 is 11.3 Å². The average Bonchev–Trinajstić information content (AvgIpc) is 3.67. The molecule has 4 aromatic rings. The van der Waals surface area contributed by atoms with Crippen molar-refractivity contribution < 1.29 is 27.4 Å². The number of carbonyl (C=O) groups excluding carboxylic acids is 1. The molecule has 1 saturated heterocycles. The summed E-state index contributed by atoms with van der Waals surface area (Å²) in [4.78, 5) is 27.6. The molecule has 2 aromatic heterocycles. The molecule has 0 radical (unpaired) electrons. The molecule has 0 spiro atoms. The Bertz CT molecular complexity index is 1580. The molecule has 3 heterocycles. The first-order valence-electron chi connectivity index (χ1n) is 13.7. The van der Waals surface area contributed by atoms with Crippen LogP contribution in [0.15, 0.2) is 48.5 Å². The number of amides is 1. The highest BCUT2D eigenvalue weighted by Gasteiger charge is 2.30. The highest BCUT2D eigenvalue weighted by atomic mass is 32.1. The minimum absolute atomic E-state index is 0.0591. The van der Waals surface area contributed by atoms with E-state index in [4.69, 9.17) is 9.47 Å². The third kappa shape index (κ3) is 6.97. The van der Waals surface area contributed by atoms with Crippen LogP contribution in [-0.4, -0.2) is 64.6 Å². The van der Waals surface area contributed by atoms with Crippen molar-refractivity contribution in [3.63, 3.8) is 0 Å². The Morgan fingerprint density at radius 1 is 1.14 bits per heavy atom. The Morgan fingerprint density at radius 3 is 2.69 bits per heavy atom. The summed E-state index contributed by atoms with van der Waals surface area (Å²) in [7, 11) is 0. The van der Waals surface area contributed by atoms with Crippen LogP contribution in [0.4, 0.5) is 24.3 Å². The number of nitrogens with one attached hydrogen (secondary N) is 2. The van der Waals surface area contributed by atoms with E-state index in [0.717, 1.165) is 42.4 Å². The van der Waals surface area contributed by atoms with Crippen LogP contribution in [0.5, 0.6) is 11.6 Å². The molecular formula is C29H29F3N6O3S. The van der Waals surface area contributed by atoms with E-state index >= 15 is 0 Å². The highest BCUT2D eigenvalue weighted by molar-refractivity contribution is 7.22. The summed E-state index contributed by atoms with van der Waals surface area (Å²) in [6.45, 7) is 5.32. The monoisotopic (exact) mass is 598 g/mol. The zero-order chi connectivity index (χ0) is 29.3. The molecule has 1 aliphatic heterocycles. The van der Waals surface area contributed by atoms with Gasteiger partial charge in [0.25, 0.3) is 0 Å². The maximum atomic E-state index is 13.2. The number of nitrogens with zero attached hydrogens (tertiary/aromatic N) is 4. The van der Waals surface area contributed by atoms with Gasteiger partial charge in [0.1, 0.15) is 5.52 Å². The Kier molecular flexibility index (Phi) is 7.97. The fourth-order valence-electron chi connectivity index (χ4n) is 4.80.